The summed E-state index contributed by atoms with van der Waals surface area (Å²) < 4.78 is 0. The summed E-state index contributed by atoms with van der Waals surface area (Å²) in [7, 11) is 0. The van der Waals surface area contributed by atoms with Gasteiger partial charge in [0.2, 0.25) is 0 Å². The Morgan fingerprint density at radius 1 is 1.33 bits per heavy atom. The minimum absolute atomic E-state index is 0.0591. The van der Waals surface area contributed by atoms with Crippen LogP contribution in [0, 0.1) is 5.92 Å². The van der Waals surface area contributed by atoms with Crippen molar-refractivity contribution in [3.8, 4) is 0 Å². The monoisotopic (exact) mass is 165 g/mol. The van der Waals surface area contributed by atoms with Gasteiger partial charge in [-0.2, -0.15) is 0 Å². The van der Waals surface area contributed by atoms with E-state index in [2.05, 4.69) is 0 Å². The van der Waals surface area contributed by atoms with Crippen molar-refractivity contribution in [3.63, 3.8) is 0 Å². The van der Waals surface area contributed by atoms with E-state index in [9.17, 15) is 0 Å². The van der Waals surface area contributed by atoms with E-state index in [1.54, 1.807) is 0 Å². The molecule has 0 aliphatic rings. The largest absolute Gasteiger partial charge is 0.396 e. The second-order valence-corrected chi connectivity index (χ2v) is 3.10. The molecule has 2 atom stereocenters. The molecule has 2 nitrogen and oxygen atoms in total. The van der Waals surface area contributed by atoms with Crippen LogP contribution in [-0.4, -0.2) is 11.7 Å². The zero-order chi connectivity index (χ0) is 8.97. The fourth-order valence-electron chi connectivity index (χ4n) is 1.12. The predicted octanol–water partition coefficient (Wildman–Crippen LogP) is 1.31. The van der Waals surface area contributed by atoms with Gasteiger partial charge in [0.15, 0.2) is 0 Å². The topological polar surface area (TPSA) is 46.2 Å². The quantitative estimate of drug-likeness (QED) is 0.709. The molecule has 1 aromatic rings. The van der Waals surface area contributed by atoms with Gasteiger partial charge in [-0.05, 0) is 11.5 Å². The van der Waals surface area contributed by atoms with E-state index in [-0.39, 0.29) is 18.6 Å². The Hall–Kier alpha value is -0.860. The van der Waals surface area contributed by atoms with Crippen molar-refractivity contribution in [2.45, 2.75) is 13.0 Å². The van der Waals surface area contributed by atoms with Crippen LogP contribution in [0.2, 0.25) is 0 Å². The molecular formula is C10H15NO. The van der Waals surface area contributed by atoms with E-state index in [4.69, 9.17) is 10.8 Å². The van der Waals surface area contributed by atoms with Crippen molar-refractivity contribution in [2.24, 2.45) is 11.7 Å². The molecule has 66 valence electrons. The Kier molecular flexibility index (Phi) is 3.26. The first-order valence-corrected chi connectivity index (χ1v) is 4.17. The molecule has 0 radical (unpaired) electrons. The Morgan fingerprint density at radius 2 is 1.92 bits per heavy atom. The van der Waals surface area contributed by atoms with E-state index >= 15 is 0 Å². The fourth-order valence-corrected chi connectivity index (χ4v) is 1.12. The number of aliphatic hydroxyl groups is 1. The smallest absolute Gasteiger partial charge is 0.0474 e. The minimum atomic E-state index is -0.0591. The summed E-state index contributed by atoms with van der Waals surface area (Å²) in [5, 5.41) is 8.89. The van der Waals surface area contributed by atoms with Gasteiger partial charge < -0.3 is 10.8 Å². The van der Waals surface area contributed by atoms with Gasteiger partial charge in [-0.15, -0.1) is 0 Å². The number of aliphatic hydroxyl groups excluding tert-OH is 1. The third-order valence-corrected chi connectivity index (χ3v) is 2.09. The van der Waals surface area contributed by atoms with Crippen molar-refractivity contribution in [1.82, 2.24) is 0 Å². The standard InChI is InChI=1S/C10H15NO/c1-8(7-12)10(11)9-5-3-2-4-6-9/h2-6,8,10,12H,7,11H2,1H3. The van der Waals surface area contributed by atoms with Crippen molar-refractivity contribution >= 4 is 0 Å². The van der Waals surface area contributed by atoms with Crippen LogP contribution in [0.5, 0.6) is 0 Å². The molecule has 0 fully saturated rings. The molecule has 0 amide bonds. The molecule has 0 spiro atoms. The summed E-state index contributed by atoms with van der Waals surface area (Å²) in [6.45, 7) is 2.08. The summed E-state index contributed by atoms with van der Waals surface area (Å²) in [5.74, 6) is 0.118. The highest BCUT2D eigenvalue weighted by molar-refractivity contribution is 5.18. The third kappa shape index (κ3) is 2.06. The third-order valence-electron chi connectivity index (χ3n) is 2.09. The zero-order valence-corrected chi connectivity index (χ0v) is 7.27. The Bertz CT molecular complexity index is 223. The van der Waals surface area contributed by atoms with Crippen molar-refractivity contribution in [3.05, 3.63) is 35.9 Å². The molecule has 0 saturated carbocycles. The van der Waals surface area contributed by atoms with Gasteiger partial charge in [0.25, 0.3) is 0 Å². The second-order valence-electron chi connectivity index (χ2n) is 3.10. The van der Waals surface area contributed by atoms with Gasteiger partial charge in [-0.3, -0.25) is 0 Å². The van der Waals surface area contributed by atoms with Crippen molar-refractivity contribution in [1.29, 1.82) is 0 Å². The molecule has 0 aliphatic carbocycles. The summed E-state index contributed by atoms with van der Waals surface area (Å²) in [6.07, 6.45) is 0. The highest BCUT2D eigenvalue weighted by atomic mass is 16.3. The summed E-state index contributed by atoms with van der Waals surface area (Å²) in [5.41, 5.74) is 6.97. The summed E-state index contributed by atoms with van der Waals surface area (Å²) in [4.78, 5) is 0. The molecule has 2 heteroatoms. The van der Waals surface area contributed by atoms with Gasteiger partial charge in [0, 0.05) is 12.6 Å². The molecule has 0 saturated heterocycles. The van der Waals surface area contributed by atoms with E-state index in [1.807, 2.05) is 37.3 Å². The number of benzene rings is 1. The Morgan fingerprint density at radius 3 is 2.42 bits per heavy atom. The first-order chi connectivity index (χ1) is 5.75. The Labute approximate surface area is 73.0 Å². The lowest BCUT2D eigenvalue weighted by Crippen LogP contribution is -2.21. The molecule has 2 unspecified atom stereocenters. The van der Waals surface area contributed by atoms with Crippen LogP contribution < -0.4 is 5.73 Å². The van der Waals surface area contributed by atoms with Crippen LogP contribution >= 0.6 is 0 Å². The lowest BCUT2D eigenvalue weighted by Gasteiger charge is -2.17. The van der Waals surface area contributed by atoms with Gasteiger partial charge >= 0.3 is 0 Å². The van der Waals surface area contributed by atoms with Gasteiger partial charge in [-0.1, -0.05) is 37.3 Å². The molecule has 1 aromatic carbocycles. The van der Waals surface area contributed by atoms with Crippen LogP contribution in [0.3, 0.4) is 0 Å². The number of nitrogens with two attached hydrogens (primary N) is 1. The second kappa shape index (κ2) is 4.24. The van der Waals surface area contributed by atoms with E-state index < -0.39 is 0 Å². The predicted molar refractivity (Wildman–Crippen MR) is 49.6 cm³/mol. The molecular weight excluding hydrogens is 150 g/mol. The number of hydrogen-bond donors (Lipinski definition) is 2. The molecule has 0 aromatic heterocycles. The van der Waals surface area contributed by atoms with Crippen molar-refractivity contribution in [2.75, 3.05) is 6.61 Å². The fraction of sp³-hybridized carbons (Fsp3) is 0.400. The average Bonchev–Trinajstić information content (AvgIpc) is 2.17. The molecule has 0 heterocycles. The summed E-state index contributed by atoms with van der Waals surface area (Å²) >= 11 is 0. The van der Waals surface area contributed by atoms with Crippen LogP contribution in [0.4, 0.5) is 0 Å². The molecule has 12 heavy (non-hydrogen) atoms. The van der Waals surface area contributed by atoms with Gasteiger partial charge in [0.05, 0.1) is 0 Å². The maximum Gasteiger partial charge on any atom is 0.0474 e. The molecule has 0 aliphatic heterocycles. The van der Waals surface area contributed by atoms with Crippen molar-refractivity contribution < 1.29 is 5.11 Å². The summed E-state index contributed by atoms with van der Waals surface area (Å²) in [6, 6.07) is 9.78. The van der Waals surface area contributed by atoms with E-state index in [0.29, 0.717) is 0 Å². The van der Waals surface area contributed by atoms with Crippen LogP contribution in [-0.2, 0) is 0 Å². The first kappa shape index (κ1) is 9.23. The van der Waals surface area contributed by atoms with Gasteiger partial charge in [0.1, 0.15) is 0 Å². The first-order valence-electron chi connectivity index (χ1n) is 4.17. The lowest BCUT2D eigenvalue weighted by molar-refractivity contribution is 0.217. The molecule has 1 rings (SSSR count). The normalized spacial score (nSPS) is 15.6. The van der Waals surface area contributed by atoms with E-state index in [0.717, 1.165) is 5.56 Å². The molecule has 0 bridgehead atoms. The SMILES string of the molecule is CC(CO)C(N)c1ccccc1. The van der Waals surface area contributed by atoms with Gasteiger partial charge in [-0.25, -0.2) is 0 Å². The highest BCUT2D eigenvalue weighted by Gasteiger charge is 2.12. The van der Waals surface area contributed by atoms with Crippen LogP contribution in [0.25, 0.3) is 0 Å². The minimum Gasteiger partial charge on any atom is -0.396 e. The molecule has 3 N–H and O–H groups in total. The maximum absolute atomic E-state index is 8.89. The number of hydrogen-bond acceptors (Lipinski definition) is 2. The average molecular weight is 165 g/mol. The zero-order valence-electron chi connectivity index (χ0n) is 7.27. The maximum atomic E-state index is 8.89. The Balaban J connectivity index is 2.71. The highest BCUT2D eigenvalue weighted by Crippen LogP contribution is 2.17. The lowest BCUT2D eigenvalue weighted by atomic mass is 9.96. The number of rotatable bonds is 3. The van der Waals surface area contributed by atoms with Crippen LogP contribution in [0.1, 0.15) is 18.5 Å². The van der Waals surface area contributed by atoms with Crippen LogP contribution in [0.15, 0.2) is 30.3 Å². The van der Waals surface area contributed by atoms with E-state index in [1.165, 1.54) is 0 Å².